The summed E-state index contributed by atoms with van der Waals surface area (Å²) >= 11 is 0. The van der Waals surface area contributed by atoms with Crippen molar-refractivity contribution < 1.29 is 9.90 Å². The Hall–Kier alpha value is -1.49. The maximum absolute atomic E-state index is 12.0. The van der Waals surface area contributed by atoms with Gasteiger partial charge in [-0.2, -0.15) is 0 Å². The number of amides is 1. The largest absolute Gasteiger partial charge is 0.397 e. The van der Waals surface area contributed by atoms with Crippen LogP contribution in [0.3, 0.4) is 0 Å². The highest BCUT2D eigenvalue weighted by Crippen LogP contribution is 2.27. The van der Waals surface area contributed by atoms with Crippen molar-refractivity contribution in [3.05, 3.63) is 18.0 Å². The topological polar surface area (TPSA) is 80.3 Å². The van der Waals surface area contributed by atoms with Gasteiger partial charge in [-0.15, -0.1) is 0 Å². The van der Waals surface area contributed by atoms with E-state index in [0.29, 0.717) is 17.9 Å². The number of nitrogens with one attached hydrogen (secondary N) is 1. The van der Waals surface area contributed by atoms with Crippen LogP contribution in [-0.2, 0) is 7.05 Å². The number of aromatic nitrogens is 1. The van der Waals surface area contributed by atoms with Crippen LogP contribution in [0.15, 0.2) is 12.3 Å². The fourth-order valence-electron chi connectivity index (χ4n) is 2.54. The molecule has 0 radical (unpaired) electrons. The van der Waals surface area contributed by atoms with Crippen LogP contribution in [0.5, 0.6) is 0 Å². The third-order valence-electron chi connectivity index (χ3n) is 3.62. The zero-order chi connectivity index (χ0) is 13.2. The average Bonchev–Trinajstić information content (AvgIpc) is 2.67. The average molecular weight is 251 g/mol. The standard InChI is InChI=1S/C13H21N3O2/c1-16-8-10(14)7-11(16)12(17)15-9-13(18)5-3-2-4-6-13/h7-8,18H,2-6,9,14H2,1H3,(H,15,17). The maximum atomic E-state index is 12.0. The van der Waals surface area contributed by atoms with Crippen LogP contribution in [-0.4, -0.2) is 27.7 Å². The van der Waals surface area contributed by atoms with Gasteiger partial charge >= 0.3 is 0 Å². The Labute approximate surface area is 107 Å². The molecule has 1 heterocycles. The first-order chi connectivity index (χ1) is 8.50. The zero-order valence-corrected chi connectivity index (χ0v) is 10.8. The predicted octanol–water partition coefficient (Wildman–Crippen LogP) is 1.03. The van der Waals surface area contributed by atoms with Crippen molar-refractivity contribution in [2.24, 2.45) is 7.05 Å². The first kappa shape index (κ1) is 13.0. The Bertz CT molecular complexity index is 433. The summed E-state index contributed by atoms with van der Waals surface area (Å²) in [6.07, 6.45) is 6.47. The van der Waals surface area contributed by atoms with Crippen LogP contribution >= 0.6 is 0 Å². The Kier molecular flexibility index (Phi) is 3.61. The molecule has 0 atom stereocenters. The van der Waals surface area contributed by atoms with Gasteiger partial charge in [-0.25, -0.2) is 0 Å². The highest BCUT2D eigenvalue weighted by molar-refractivity contribution is 5.93. The Morgan fingerprint density at radius 3 is 2.72 bits per heavy atom. The van der Waals surface area contributed by atoms with Gasteiger partial charge in [0.1, 0.15) is 5.69 Å². The zero-order valence-electron chi connectivity index (χ0n) is 10.8. The smallest absolute Gasteiger partial charge is 0.268 e. The number of carbonyl (C=O) groups is 1. The molecule has 5 heteroatoms. The van der Waals surface area contributed by atoms with E-state index in [-0.39, 0.29) is 5.91 Å². The van der Waals surface area contributed by atoms with Gasteiger partial charge in [-0.05, 0) is 18.9 Å². The number of nitrogen functional groups attached to an aromatic ring is 1. The molecule has 1 aromatic heterocycles. The molecule has 0 bridgehead atoms. The van der Waals surface area contributed by atoms with E-state index in [1.54, 1.807) is 23.9 Å². The van der Waals surface area contributed by atoms with Crippen molar-refractivity contribution >= 4 is 11.6 Å². The van der Waals surface area contributed by atoms with Gasteiger partial charge in [0.15, 0.2) is 0 Å². The van der Waals surface area contributed by atoms with Crippen molar-refractivity contribution in [2.45, 2.75) is 37.7 Å². The summed E-state index contributed by atoms with van der Waals surface area (Å²) in [5.74, 6) is -0.187. The minimum absolute atomic E-state index is 0.187. The van der Waals surface area contributed by atoms with Crippen LogP contribution in [0.25, 0.3) is 0 Å². The van der Waals surface area contributed by atoms with Crippen LogP contribution in [0.4, 0.5) is 5.69 Å². The first-order valence-corrected chi connectivity index (χ1v) is 6.43. The molecule has 0 unspecified atom stereocenters. The van der Waals surface area contributed by atoms with E-state index in [1.807, 2.05) is 0 Å². The number of hydrogen-bond acceptors (Lipinski definition) is 3. The van der Waals surface area contributed by atoms with Gasteiger partial charge in [0.2, 0.25) is 0 Å². The van der Waals surface area contributed by atoms with Gasteiger partial charge < -0.3 is 20.7 Å². The number of anilines is 1. The summed E-state index contributed by atoms with van der Waals surface area (Å²) < 4.78 is 1.69. The van der Waals surface area contributed by atoms with Gasteiger partial charge in [0.25, 0.3) is 5.91 Å². The van der Waals surface area contributed by atoms with Gasteiger partial charge in [0.05, 0.1) is 11.3 Å². The number of nitrogens with zero attached hydrogens (tertiary/aromatic N) is 1. The molecule has 1 fully saturated rings. The second-order valence-electron chi connectivity index (χ2n) is 5.24. The molecule has 1 aliphatic carbocycles. The number of carbonyl (C=O) groups excluding carboxylic acids is 1. The number of hydrogen-bond donors (Lipinski definition) is 3. The van der Waals surface area contributed by atoms with Crippen molar-refractivity contribution in [3.8, 4) is 0 Å². The van der Waals surface area contributed by atoms with Crippen LogP contribution in [0.1, 0.15) is 42.6 Å². The molecule has 0 aromatic carbocycles. The van der Waals surface area contributed by atoms with Crippen LogP contribution in [0, 0.1) is 0 Å². The van der Waals surface area contributed by atoms with E-state index >= 15 is 0 Å². The van der Waals surface area contributed by atoms with Gasteiger partial charge in [-0.1, -0.05) is 19.3 Å². The number of nitrogens with two attached hydrogens (primary N) is 1. The van der Waals surface area contributed by atoms with E-state index in [2.05, 4.69) is 5.32 Å². The number of aliphatic hydroxyl groups is 1. The van der Waals surface area contributed by atoms with Crippen molar-refractivity contribution in [3.63, 3.8) is 0 Å². The number of aryl methyl sites for hydroxylation is 1. The lowest BCUT2D eigenvalue weighted by Crippen LogP contribution is -2.44. The Balaban J connectivity index is 1.94. The predicted molar refractivity (Wildman–Crippen MR) is 70.2 cm³/mol. The van der Waals surface area contributed by atoms with Crippen molar-refractivity contribution in [1.29, 1.82) is 0 Å². The molecule has 0 aliphatic heterocycles. The quantitative estimate of drug-likeness (QED) is 0.750. The third kappa shape index (κ3) is 2.85. The highest BCUT2D eigenvalue weighted by Gasteiger charge is 2.29. The van der Waals surface area contributed by atoms with E-state index in [4.69, 9.17) is 5.73 Å². The van der Waals surface area contributed by atoms with Gasteiger partial charge in [0, 0.05) is 19.8 Å². The van der Waals surface area contributed by atoms with E-state index in [1.165, 1.54) is 6.42 Å². The molecule has 1 aromatic rings. The molecule has 1 saturated carbocycles. The monoisotopic (exact) mass is 251 g/mol. The molecular weight excluding hydrogens is 230 g/mol. The molecular formula is C13H21N3O2. The van der Waals surface area contributed by atoms with Crippen molar-refractivity contribution in [1.82, 2.24) is 9.88 Å². The minimum Gasteiger partial charge on any atom is -0.397 e. The molecule has 18 heavy (non-hydrogen) atoms. The van der Waals surface area contributed by atoms with Gasteiger partial charge in [-0.3, -0.25) is 4.79 Å². The molecule has 5 nitrogen and oxygen atoms in total. The molecule has 0 spiro atoms. The molecule has 100 valence electrons. The first-order valence-electron chi connectivity index (χ1n) is 6.43. The number of rotatable bonds is 3. The molecule has 2 rings (SSSR count). The van der Waals surface area contributed by atoms with E-state index in [0.717, 1.165) is 25.7 Å². The van der Waals surface area contributed by atoms with Crippen molar-refractivity contribution in [2.75, 3.05) is 12.3 Å². The minimum atomic E-state index is -0.732. The fraction of sp³-hybridized carbons (Fsp3) is 0.615. The normalized spacial score (nSPS) is 18.6. The second kappa shape index (κ2) is 5.02. The lowest BCUT2D eigenvalue weighted by Gasteiger charge is -2.32. The maximum Gasteiger partial charge on any atom is 0.268 e. The highest BCUT2D eigenvalue weighted by atomic mass is 16.3. The molecule has 0 saturated heterocycles. The Morgan fingerprint density at radius 2 is 2.17 bits per heavy atom. The molecule has 4 N–H and O–H groups in total. The second-order valence-corrected chi connectivity index (χ2v) is 5.24. The summed E-state index contributed by atoms with van der Waals surface area (Å²) in [5.41, 5.74) is 5.99. The molecule has 1 aliphatic rings. The fourth-order valence-corrected chi connectivity index (χ4v) is 2.54. The lowest BCUT2D eigenvalue weighted by atomic mass is 9.85. The summed E-state index contributed by atoms with van der Waals surface area (Å²) in [6, 6.07) is 1.64. The summed E-state index contributed by atoms with van der Waals surface area (Å²) in [4.78, 5) is 12.0. The lowest BCUT2D eigenvalue weighted by molar-refractivity contribution is 0.00518. The Morgan fingerprint density at radius 1 is 1.50 bits per heavy atom. The van der Waals surface area contributed by atoms with E-state index < -0.39 is 5.60 Å². The van der Waals surface area contributed by atoms with Crippen LogP contribution < -0.4 is 11.1 Å². The van der Waals surface area contributed by atoms with E-state index in [9.17, 15) is 9.90 Å². The summed E-state index contributed by atoms with van der Waals surface area (Å²) in [6.45, 7) is 0.316. The summed E-state index contributed by atoms with van der Waals surface area (Å²) in [5, 5.41) is 13.1. The third-order valence-corrected chi connectivity index (χ3v) is 3.62. The van der Waals surface area contributed by atoms with Crippen LogP contribution in [0.2, 0.25) is 0 Å². The SMILES string of the molecule is Cn1cc(N)cc1C(=O)NCC1(O)CCCCC1. The molecule has 1 amide bonds. The summed E-state index contributed by atoms with van der Waals surface area (Å²) in [7, 11) is 1.78.